The van der Waals surface area contributed by atoms with Gasteiger partial charge in [0, 0.05) is 0 Å². The van der Waals surface area contributed by atoms with Crippen LogP contribution in [-0.2, 0) is 0 Å². The van der Waals surface area contributed by atoms with Gasteiger partial charge in [-0.05, 0) is 23.7 Å². The van der Waals surface area contributed by atoms with E-state index in [-0.39, 0.29) is 0 Å². The SMILES string of the molecule is BC12CC(CCC1C)C2(C)C. The lowest BCUT2D eigenvalue weighted by Gasteiger charge is -2.68. The fourth-order valence-corrected chi connectivity index (χ4v) is 3.43. The normalized spacial score (nSPS) is 53.4. The van der Waals surface area contributed by atoms with Gasteiger partial charge in [0.25, 0.3) is 0 Å². The summed E-state index contributed by atoms with van der Waals surface area (Å²) < 4.78 is 0. The summed E-state index contributed by atoms with van der Waals surface area (Å²) >= 11 is 0. The molecule has 3 atom stereocenters. The summed E-state index contributed by atoms with van der Waals surface area (Å²) in [7, 11) is 2.49. The van der Waals surface area contributed by atoms with Crippen molar-refractivity contribution in [1.82, 2.24) is 0 Å². The van der Waals surface area contributed by atoms with E-state index in [4.69, 9.17) is 0 Å². The average molecular weight is 150 g/mol. The third-order valence-electron chi connectivity index (χ3n) is 5.20. The van der Waals surface area contributed by atoms with Crippen LogP contribution in [0.2, 0.25) is 5.31 Å². The summed E-state index contributed by atoms with van der Waals surface area (Å²) in [5.41, 5.74) is 0.644. The van der Waals surface area contributed by atoms with Crippen LogP contribution >= 0.6 is 0 Å². The van der Waals surface area contributed by atoms with E-state index >= 15 is 0 Å². The molecule has 3 aliphatic carbocycles. The molecule has 3 unspecified atom stereocenters. The van der Waals surface area contributed by atoms with Crippen molar-refractivity contribution in [3.63, 3.8) is 0 Å². The number of rotatable bonds is 0. The molecule has 0 aliphatic heterocycles. The van der Waals surface area contributed by atoms with Crippen LogP contribution in [0.15, 0.2) is 0 Å². The quantitative estimate of drug-likeness (QED) is 0.464. The summed E-state index contributed by atoms with van der Waals surface area (Å²) in [5, 5.41) is 0.677. The number of fused-ring (bicyclic) bond motifs is 2. The molecule has 0 radical (unpaired) electrons. The highest BCUT2D eigenvalue weighted by Crippen LogP contribution is 2.72. The molecule has 3 saturated carbocycles. The first-order valence-corrected chi connectivity index (χ1v) is 4.98. The van der Waals surface area contributed by atoms with Crippen molar-refractivity contribution in [3.05, 3.63) is 0 Å². The summed E-state index contributed by atoms with van der Waals surface area (Å²) in [5.74, 6) is 2.01. The minimum Gasteiger partial charge on any atom is -0.0626 e. The summed E-state index contributed by atoms with van der Waals surface area (Å²) in [4.78, 5) is 0. The molecule has 3 aliphatic rings. The zero-order valence-corrected chi connectivity index (χ0v) is 8.28. The monoisotopic (exact) mass is 150 g/mol. The van der Waals surface area contributed by atoms with Crippen LogP contribution in [0, 0.1) is 17.3 Å². The minimum absolute atomic E-state index is 0.644. The van der Waals surface area contributed by atoms with Crippen LogP contribution in [0.1, 0.15) is 40.0 Å². The van der Waals surface area contributed by atoms with Crippen LogP contribution in [0.25, 0.3) is 0 Å². The van der Waals surface area contributed by atoms with Crippen LogP contribution in [0.5, 0.6) is 0 Å². The van der Waals surface area contributed by atoms with Crippen molar-refractivity contribution in [2.75, 3.05) is 0 Å². The van der Waals surface area contributed by atoms with E-state index in [1.807, 2.05) is 0 Å². The maximum atomic E-state index is 2.49. The van der Waals surface area contributed by atoms with Crippen LogP contribution in [0.4, 0.5) is 0 Å². The van der Waals surface area contributed by atoms with Gasteiger partial charge in [0.2, 0.25) is 0 Å². The minimum atomic E-state index is 0.644. The fourth-order valence-electron chi connectivity index (χ4n) is 3.43. The second-order valence-corrected chi connectivity index (χ2v) is 5.52. The zero-order chi connectivity index (χ0) is 8.28. The van der Waals surface area contributed by atoms with Crippen LogP contribution < -0.4 is 0 Å². The molecule has 1 heteroatoms. The standard InChI is InChI=1S/C10H19B/c1-7-4-5-8-6-10(7,11)9(8,2)3/h7-8H,4-6,11H2,1-3H3. The highest BCUT2D eigenvalue weighted by atomic mass is 14.6. The Labute approximate surface area is 71.2 Å². The summed E-state index contributed by atoms with van der Waals surface area (Å²) in [6.45, 7) is 7.38. The van der Waals surface area contributed by atoms with Gasteiger partial charge in [0.05, 0.1) is 0 Å². The molecule has 62 valence electrons. The van der Waals surface area contributed by atoms with Crippen LogP contribution in [0.3, 0.4) is 0 Å². The van der Waals surface area contributed by atoms with E-state index in [1.54, 1.807) is 0 Å². The maximum Gasteiger partial charge on any atom is 0.110 e. The molecule has 0 spiro atoms. The second kappa shape index (κ2) is 1.86. The van der Waals surface area contributed by atoms with E-state index in [0.29, 0.717) is 10.7 Å². The molecule has 0 aromatic rings. The maximum absolute atomic E-state index is 2.49. The van der Waals surface area contributed by atoms with Crippen molar-refractivity contribution in [2.45, 2.75) is 45.3 Å². The molecular weight excluding hydrogens is 131 g/mol. The van der Waals surface area contributed by atoms with Gasteiger partial charge in [-0.2, -0.15) is 0 Å². The molecule has 11 heavy (non-hydrogen) atoms. The molecule has 0 heterocycles. The van der Waals surface area contributed by atoms with Gasteiger partial charge in [-0.15, -0.1) is 0 Å². The fraction of sp³-hybridized carbons (Fsp3) is 1.00. The molecule has 0 amide bonds. The molecule has 0 aromatic carbocycles. The first-order chi connectivity index (χ1) is 4.98. The van der Waals surface area contributed by atoms with Gasteiger partial charge in [0.1, 0.15) is 7.85 Å². The van der Waals surface area contributed by atoms with Crippen LogP contribution in [-0.4, -0.2) is 7.85 Å². The Morgan fingerprint density at radius 2 is 1.91 bits per heavy atom. The predicted octanol–water partition coefficient (Wildman–Crippen LogP) is 2.25. The molecule has 0 nitrogen and oxygen atoms in total. The molecule has 2 bridgehead atoms. The topological polar surface area (TPSA) is 0 Å². The average Bonchev–Trinajstić information content (AvgIpc) is 1.94. The van der Waals surface area contributed by atoms with Crippen molar-refractivity contribution >= 4 is 7.85 Å². The Morgan fingerprint density at radius 3 is 2.27 bits per heavy atom. The Hall–Kier alpha value is 0.0649. The van der Waals surface area contributed by atoms with Gasteiger partial charge >= 0.3 is 0 Å². The van der Waals surface area contributed by atoms with Gasteiger partial charge in [0.15, 0.2) is 0 Å². The van der Waals surface area contributed by atoms with E-state index in [0.717, 1.165) is 11.8 Å². The van der Waals surface area contributed by atoms with Crippen molar-refractivity contribution in [2.24, 2.45) is 17.3 Å². The van der Waals surface area contributed by atoms with Gasteiger partial charge in [-0.1, -0.05) is 38.9 Å². The zero-order valence-electron chi connectivity index (χ0n) is 8.28. The van der Waals surface area contributed by atoms with Gasteiger partial charge in [-0.3, -0.25) is 0 Å². The molecule has 0 saturated heterocycles. The molecule has 0 aromatic heterocycles. The largest absolute Gasteiger partial charge is 0.110 e. The van der Waals surface area contributed by atoms with Gasteiger partial charge in [-0.25, -0.2) is 0 Å². The lowest BCUT2D eigenvalue weighted by molar-refractivity contribution is -0.0818. The summed E-state index contributed by atoms with van der Waals surface area (Å²) in [6.07, 6.45) is 4.47. The van der Waals surface area contributed by atoms with E-state index in [9.17, 15) is 0 Å². The number of hydrogen-bond donors (Lipinski definition) is 0. The predicted molar refractivity (Wildman–Crippen MR) is 51.5 cm³/mol. The van der Waals surface area contributed by atoms with E-state index in [2.05, 4.69) is 28.6 Å². The Kier molecular flexibility index (Phi) is 1.30. The Balaban J connectivity index is 2.28. The van der Waals surface area contributed by atoms with Gasteiger partial charge < -0.3 is 0 Å². The molecule has 0 N–H and O–H groups in total. The lowest BCUT2D eigenvalue weighted by atomic mass is 9.30. The molecule has 3 fully saturated rings. The first-order valence-electron chi connectivity index (χ1n) is 4.98. The Morgan fingerprint density at radius 1 is 1.27 bits per heavy atom. The van der Waals surface area contributed by atoms with Crippen molar-refractivity contribution < 1.29 is 0 Å². The summed E-state index contributed by atoms with van der Waals surface area (Å²) in [6, 6.07) is 0. The third-order valence-corrected chi connectivity index (χ3v) is 5.20. The molecule has 3 rings (SSSR count). The van der Waals surface area contributed by atoms with E-state index < -0.39 is 0 Å². The molecular formula is C10H19B. The second-order valence-electron chi connectivity index (χ2n) is 5.52. The lowest BCUT2D eigenvalue weighted by Crippen LogP contribution is -2.56. The van der Waals surface area contributed by atoms with Crippen molar-refractivity contribution in [3.8, 4) is 0 Å². The first kappa shape index (κ1) is 7.70. The number of hydrogen-bond acceptors (Lipinski definition) is 0. The Bertz CT molecular complexity index is 185. The smallest absolute Gasteiger partial charge is 0.0626 e. The third kappa shape index (κ3) is 0.678. The van der Waals surface area contributed by atoms with E-state index in [1.165, 1.54) is 19.3 Å². The highest BCUT2D eigenvalue weighted by molar-refractivity contribution is 6.17. The van der Waals surface area contributed by atoms with Crippen molar-refractivity contribution in [1.29, 1.82) is 0 Å². The highest BCUT2D eigenvalue weighted by Gasteiger charge is 2.60.